The number of para-hydroxylation sites is 1. The van der Waals surface area contributed by atoms with Crippen molar-refractivity contribution < 1.29 is 0 Å². The fourth-order valence-corrected chi connectivity index (χ4v) is 3.26. The van der Waals surface area contributed by atoms with Crippen LogP contribution in [-0.4, -0.2) is 18.1 Å². The molecular formula is C18H18N2. The first-order valence-electron chi connectivity index (χ1n) is 7.25. The average molecular weight is 262 g/mol. The lowest BCUT2D eigenvalue weighted by Gasteiger charge is -2.35. The summed E-state index contributed by atoms with van der Waals surface area (Å²) in [5, 5.41) is 4.77. The second-order valence-corrected chi connectivity index (χ2v) is 5.60. The standard InChI is InChI=1S/C18H18N2/c1-2-6-13(7-3-1)18(14-10-19-11-14)16-12-20-17-9-5-4-8-15(16)17/h1-9,12,14,18-20H,10-11H2/t18-/m0/s1. The number of aromatic amines is 1. The van der Waals surface area contributed by atoms with Crippen LogP contribution in [0.15, 0.2) is 60.8 Å². The minimum absolute atomic E-state index is 0.480. The lowest BCUT2D eigenvalue weighted by Crippen LogP contribution is -2.45. The molecule has 0 amide bonds. The summed E-state index contributed by atoms with van der Waals surface area (Å²) in [5.41, 5.74) is 4.08. The van der Waals surface area contributed by atoms with E-state index in [1.165, 1.54) is 22.0 Å². The molecule has 2 N–H and O–H groups in total. The average Bonchev–Trinajstić information content (AvgIpc) is 2.87. The lowest BCUT2D eigenvalue weighted by molar-refractivity contribution is 0.316. The Morgan fingerprint density at radius 1 is 0.900 bits per heavy atom. The first-order valence-corrected chi connectivity index (χ1v) is 7.25. The van der Waals surface area contributed by atoms with Gasteiger partial charge in [0, 0.05) is 36.1 Å². The normalized spacial score (nSPS) is 17.0. The highest BCUT2D eigenvalue weighted by atomic mass is 15.0. The number of H-pyrrole nitrogens is 1. The number of hydrogen-bond donors (Lipinski definition) is 2. The summed E-state index contributed by atoms with van der Waals surface area (Å²) in [7, 11) is 0. The number of hydrogen-bond acceptors (Lipinski definition) is 1. The Bertz CT molecular complexity index is 710. The Morgan fingerprint density at radius 3 is 2.40 bits per heavy atom. The van der Waals surface area contributed by atoms with Crippen molar-refractivity contribution in [2.75, 3.05) is 13.1 Å². The molecule has 0 spiro atoms. The van der Waals surface area contributed by atoms with Crippen LogP contribution in [0.4, 0.5) is 0 Å². The van der Waals surface area contributed by atoms with Crippen molar-refractivity contribution in [2.45, 2.75) is 5.92 Å². The summed E-state index contributed by atoms with van der Waals surface area (Å²) in [5.74, 6) is 1.17. The summed E-state index contributed by atoms with van der Waals surface area (Å²) in [6, 6.07) is 19.5. The van der Waals surface area contributed by atoms with Crippen molar-refractivity contribution in [1.29, 1.82) is 0 Å². The second kappa shape index (κ2) is 4.80. The molecule has 20 heavy (non-hydrogen) atoms. The van der Waals surface area contributed by atoms with Crippen molar-refractivity contribution >= 4 is 10.9 Å². The molecule has 2 heteroatoms. The van der Waals surface area contributed by atoms with Gasteiger partial charge in [0.05, 0.1) is 0 Å². The van der Waals surface area contributed by atoms with Crippen LogP contribution in [0.3, 0.4) is 0 Å². The number of nitrogens with one attached hydrogen (secondary N) is 2. The summed E-state index contributed by atoms with van der Waals surface area (Å²) in [4.78, 5) is 3.42. The van der Waals surface area contributed by atoms with Crippen LogP contribution in [0.25, 0.3) is 10.9 Å². The monoisotopic (exact) mass is 262 g/mol. The molecule has 1 aliphatic heterocycles. The maximum Gasteiger partial charge on any atom is 0.0457 e. The van der Waals surface area contributed by atoms with Gasteiger partial charge in [0.15, 0.2) is 0 Å². The highest BCUT2D eigenvalue weighted by molar-refractivity contribution is 5.84. The van der Waals surface area contributed by atoms with Gasteiger partial charge in [0.25, 0.3) is 0 Å². The van der Waals surface area contributed by atoms with Crippen LogP contribution in [-0.2, 0) is 0 Å². The fraction of sp³-hybridized carbons (Fsp3) is 0.222. The zero-order valence-electron chi connectivity index (χ0n) is 11.3. The molecule has 4 rings (SSSR count). The molecule has 1 saturated heterocycles. The number of rotatable bonds is 3. The third kappa shape index (κ3) is 1.84. The maximum absolute atomic E-state index is 3.42. The Morgan fingerprint density at radius 2 is 1.65 bits per heavy atom. The molecule has 0 saturated carbocycles. The van der Waals surface area contributed by atoms with Crippen LogP contribution < -0.4 is 5.32 Å². The van der Waals surface area contributed by atoms with Crippen molar-refractivity contribution in [2.24, 2.45) is 5.92 Å². The van der Waals surface area contributed by atoms with E-state index in [-0.39, 0.29) is 0 Å². The Kier molecular flexibility index (Phi) is 2.82. The molecule has 2 heterocycles. The van der Waals surface area contributed by atoms with E-state index in [9.17, 15) is 0 Å². The van der Waals surface area contributed by atoms with Gasteiger partial charge in [-0.05, 0) is 23.1 Å². The molecule has 0 bridgehead atoms. The third-order valence-corrected chi connectivity index (χ3v) is 4.40. The highest BCUT2D eigenvalue weighted by Crippen LogP contribution is 2.37. The van der Waals surface area contributed by atoms with Crippen LogP contribution in [0.2, 0.25) is 0 Å². The number of fused-ring (bicyclic) bond motifs is 1. The van der Waals surface area contributed by atoms with Crippen LogP contribution >= 0.6 is 0 Å². The maximum atomic E-state index is 3.42. The first kappa shape index (κ1) is 11.7. The molecule has 0 radical (unpaired) electrons. The van der Waals surface area contributed by atoms with Gasteiger partial charge < -0.3 is 10.3 Å². The molecule has 2 aromatic carbocycles. The minimum atomic E-state index is 0.480. The van der Waals surface area contributed by atoms with E-state index >= 15 is 0 Å². The number of aromatic nitrogens is 1. The smallest absolute Gasteiger partial charge is 0.0457 e. The Hall–Kier alpha value is -2.06. The molecule has 2 nitrogen and oxygen atoms in total. The fourth-order valence-electron chi connectivity index (χ4n) is 3.26. The Labute approximate surface area is 118 Å². The van der Waals surface area contributed by atoms with Gasteiger partial charge in [-0.1, -0.05) is 48.5 Å². The van der Waals surface area contributed by atoms with Crippen molar-refractivity contribution in [3.05, 3.63) is 71.9 Å². The third-order valence-electron chi connectivity index (χ3n) is 4.40. The van der Waals surface area contributed by atoms with E-state index in [2.05, 4.69) is 71.1 Å². The van der Waals surface area contributed by atoms with Crippen LogP contribution in [0.1, 0.15) is 17.0 Å². The van der Waals surface area contributed by atoms with Gasteiger partial charge >= 0.3 is 0 Å². The van der Waals surface area contributed by atoms with E-state index in [0.717, 1.165) is 13.1 Å². The van der Waals surface area contributed by atoms with Crippen LogP contribution in [0.5, 0.6) is 0 Å². The first-order chi connectivity index (χ1) is 9.93. The molecule has 0 unspecified atom stereocenters. The van der Waals surface area contributed by atoms with Gasteiger partial charge in [-0.15, -0.1) is 0 Å². The zero-order valence-corrected chi connectivity index (χ0v) is 11.3. The summed E-state index contributed by atoms with van der Waals surface area (Å²) in [6.45, 7) is 2.22. The quantitative estimate of drug-likeness (QED) is 0.742. The lowest BCUT2D eigenvalue weighted by atomic mass is 9.78. The molecule has 1 fully saturated rings. The van der Waals surface area contributed by atoms with E-state index in [1.807, 2.05) is 0 Å². The van der Waals surface area contributed by atoms with Gasteiger partial charge in [0.2, 0.25) is 0 Å². The molecule has 100 valence electrons. The molecule has 0 aliphatic carbocycles. The van der Waals surface area contributed by atoms with E-state index < -0.39 is 0 Å². The second-order valence-electron chi connectivity index (χ2n) is 5.60. The van der Waals surface area contributed by atoms with E-state index in [4.69, 9.17) is 0 Å². The molecule has 1 aliphatic rings. The van der Waals surface area contributed by atoms with Gasteiger partial charge in [-0.3, -0.25) is 0 Å². The van der Waals surface area contributed by atoms with Gasteiger partial charge in [-0.2, -0.15) is 0 Å². The van der Waals surface area contributed by atoms with E-state index in [0.29, 0.717) is 11.8 Å². The van der Waals surface area contributed by atoms with Crippen molar-refractivity contribution in [1.82, 2.24) is 10.3 Å². The predicted octanol–water partition coefficient (Wildman–Crippen LogP) is 3.52. The molecule has 3 aromatic rings. The molecule has 1 aromatic heterocycles. The SMILES string of the molecule is c1ccc([C@H](c2c[nH]c3ccccc23)C2CNC2)cc1. The van der Waals surface area contributed by atoms with Gasteiger partial charge in [-0.25, -0.2) is 0 Å². The molecule has 1 atom stereocenters. The topological polar surface area (TPSA) is 27.8 Å². The Balaban J connectivity index is 1.86. The van der Waals surface area contributed by atoms with Crippen molar-refractivity contribution in [3.8, 4) is 0 Å². The molecular weight excluding hydrogens is 244 g/mol. The van der Waals surface area contributed by atoms with Gasteiger partial charge in [0.1, 0.15) is 0 Å². The van der Waals surface area contributed by atoms with E-state index in [1.54, 1.807) is 0 Å². The number of benzene rings is 2. The van der Waals surface area contributed by atoms with Crippen molar-refractivity contribution in [3.63, 3.8) is 0 Å². The largest absolute Gasteiger partial charge is 0.361 e. The summed E-state index contributed by atoms with van der Waals surface area (Å²) >= 11 is 0. The highest BCUT2D eigenvalue weighted by Gasteiger charge is 2.30. The zero-order chi connectivity index (χ0) is 13.4. The summed E-state index contributed by atoms with van der Waals surface area (Å²) in [6.07, 6.45) is 2.20. The summed E-state index contributed by atoms with van der Waals surface area (Å²) < 4.78 is 0. The minimum Gasteiger partial charge on any atom is -0.361 e. The predicted molar refractivity (Wildman–Crippen MR) is 82.9 cm³/mol. The van der Waals surface area contributed by atoms with Crippen LogP contribution in [0, 0.1) is 5.92 Å².